The van der Waals surface area contributed by atoms with Crippen LogP contribution in [-0.2, 0) is 16.4 Å². The van der Waals surface area contributed by atoms with Gasteiger partial charge in [0, 0.05) is 23.4 Å². The van der Waals surface area contributed by atoms with Crippen LogP contribution in [-0.4, -0.2) is 42.9 Å². The highest BCUT2D eigenvalue weighted by Crippen LogP contribution is 2.32. The van der Waals surface area contributed by atoms with Crippen molar-refractivity contribution in [3.63, 3.8) is 0 Å². The summed E-state index contributed by atoms with van der Waals surface area (Å²) >= 11 is 0. The van der Waals surface area contributed by atoms with Gasteiger partial charge in [-0.25, -0.2) is 17.8 Å². The van der Waals surface area contributed by atoms with Crippen molar-refractivity contribution in [1.82, 2.24) is 9.55 Å². The van der Waals surface area contributed by atoms with E-state index in [-0.39, 0.29) is 18.0 Å². The van der Waals surface area contributed by atoms with Crippen LogP contribution in [0.1, 0.15) is 16.2 Å². The summed E-state index contributed by atoms with van der Waals surface area (Å²) in [5.41, 5.74) is 3.07. The molecule has 0 radical (unpaired) electrons. The Bertz CT molecular complexity index is 1410. The van der Waals surface area contributed by atoms with Gasteiger partial charge in [-0.2, -0.15) is 0 Å². The standard InChI is InChI=1S/C24H21FN2O4S/c1-31-24-12-17-11-21(16-7-4-3-5-8-16)27(22(17)13-19(24)25)14-18-9-6-10-20(26-18)23(28)15-32(2,29)30/h3-13H,14-15H2,1-2H3. The number of carbonyl (C=O) groups excluding carboxylic acids is 1. The number of Topliss-reactive ketones (excluding diaryl/α,β-unsaturated/α-hetero) is 1. The Morgan fingerprint density at radius 2 is 1.81 bits per heavy atom. The highest BCUT2D eigenvalue weighted by Gasteiger charge is 2.17. The number of sulfone groups is 1. The molecule has 0 spiro atoms. The molecule has 2 aromatic carbocycles. The number of methoxy groups -OCH3 is 1. The fourth-order valence-corrected chi connectivity index (χ4v) is 4.26. The number of hydrogen-bond acceptors (Lipinski definition) is 5. The Morgan fingerprint density at radius 3 is 2.50 bits per heavy atom. The number of aromatic nitrogens is 2. The maximum absolute atomic E-state index is 14.5. The molecule has 0 saturated carbocycles. The van der Waals surface area contributed by atoms with E-state index in [9.17, 15) is 17.6 Å². The van der Waals surface area contributed by atoms with Crippen molar-refractivity contribution in [1.29, 1.82) is 0 Å². The summed E-state index contributed by atoms with van der Waals surface area (Å²) in [4.78, 5) is 16.7. The van der Waals surface area contributed by atoms with Gasteiger partial charge in [0.05, 0.1) is 24.9 Å². The second-order valence-corrected chi connectivity index (χ2v) is 9.67. The Labute approximate surface area is 185 Å². The molecule has 0 unspecified atom stereocenters. The van der Waals surface area contributed by atoms with E-state index >= 15 is 0 Å². The molecular formula is C24H21FN2O4S. The highest BCUT2D eigenvalue weighted by molar-refractivity contribution is 7.91. The number of carbonyl (C=O) groups is 1. The maximum atomic E-state index is 14.5. The molecule has 2 aromatic heterocycles. The number of pyridine rings is 1. The van der Waals surface area contributed by atoms with Gasteiger partial charge in [0.2, 0.25) is 0 Å². The molecule has 8 heteroatoms. The van der Waals surface area contributed by atoms with Gasteiger partial charge >= 0.3 is 0 Å². The third-order valence-corrected chi connectivity index (χ3v) is 5.84. The molecule has 4 rings (SSSR count). The van der Waals surface area contributed by atoms with Crippen molar-refractivity contribution in [3.8, 4) is 17.0 Å². The first-order valence-electron chi connectivity index (χ1n) is 9.84. The molecule has 164 valence electrons. The van der Waals surface area contributed by atoms with Crippen LogP contribution in [0.4, 0.5) is 4.39 Å². The Kier molecular flexibility index (Phi) is 5.80. The average molecular weight is 453 g/mol. The predicted octanol–water partition coefficient (Wildman–Crippen LogP) is 4.13. The first kappa shape index (κ1) is 21.7. The predicted molar refractivity (Wildman–Crippen MR) is 121 cm³/mol. The van der Waals surface area contributed by atoms with Crippen molar-refractivity contribution in [2.75, 3.05) is 19.1 Å². The van der Waals surface area contributed by atoms with Gasteiger partial charge in [0.1, 0.15) is 11.4 Å². The van der Waals surface area contributed by atoms with Crippen molar-refractivity contribution in [2.24, 2.45) is 0 Å². The van der Waals surface area contributed by atoms with Crippen LogP contribution in [0, 0.1) is 5.82 Å². The van der Waals surface area contributed by atoms with Crippen LogP contribution in [0.3, 0.4) is 0 Å². The van der Waals surface area contributed by atoms with Crippen LogP contribution < -0.4 is 4.74 Å². The van der Waals surface area contributed by atoms with Gasteiger partial charge < -0.3 is 9.30 Å². The molecule has 0 saturated heterocycles. The third kappa shape index (κ3) is 4.55. The van der Waals surface area contributed by atoms with Crippen molar-refractivity contribution in [2.45, 2.75) is 6.54 Å². The summed E-state index contributed by atoms with van der Waals surface area (Å²) in [7, 11) is -2.05. The van der Waals surface area contributed by atoms with E-state index in [1.165, 1.54) is 19.2 Å². The molecule has 0 amide bonds. The zero-order valence-corrected chi connectivity index (χ0v) is 18.4. The van der Waals surface area contributed by atoms with Crippen LogP contribution in [0.25, 0.3) is 22.2 Å². The second kappa shape index (κ2) is 8.55. The minimum Gasteiger partial charge on any atom is -0.494 e. The molecule has 0 N–H and O–H groups in total. The normalized spacial score (nSPS) is 11.6. The summed E-state index contributed by atoms with van der Waals surface area (Å²) in [5.74, 6) is -1.49. The zero-order chi connectivity index (χ0) is 22.9. The van der Waals surface area contributed by atoms with Gasteiger partial charge in [-0.3, -0.25) is 4.79 Å². The quantitative estimate of drug-likeness (QED) is 0.394. The number of ether oxygens (including phenoxy) is 1. The monoisotopic (exact) mass is 452 g/mol. The molecule has 0 fully saturated rings. The summed E-state index contributed by atoms with van der Waals surface area (Å²) in [6.45, 7) is 0.263. The van der Waals surface area contributed by atoms with E-state index in [1.54, 1.807) is 18.2 Å². The van der Waals surface area contributed by atoms with E-state index in [1.807, 2.05) is 41.0 Å². The van der Waals surface area contributed by atoms with Crippen LogP contribution in [0.2, 0.25) is 0 Å². The average Bonchev–Trinajstić information content (AvgIpc) is 3.10. The van der Waals surface area contributed by atoms with E-state index < -0.39 is 27.2 Å². The van der Waals surface area contributed by atoms with Crippen molar-refractivity contribution < 1.29 is 22.3 Å². The fraction of sp³-hybridized carbons (Fsp3) is 0.167. The number of benzene rings is 2. The summed E-state index contributed by atoms with van der Waals surface area (Å²) in [6.07, 6.45) is 1.01. The number of rotatable bonds is 7. The van der Waals surface area contributed by atoms with Crippen LogP contribution in [0.5, 0.6) is 5.75 Å². The van der Waals surface area contributed by atoms with Gasteiger partial charge in [0.25, 0.3) is 0 Å². The van der Waals surface area contributed by atoms with E-state index in [2.05, 4.69) is 4.98 Å². The van der Waals surface area contributed by atoms with Gasteiger partial charge in [0.15, 0.2) is 27.2 Å². The third-order valence-electron chi connectivity index (χ3n) is 5.05. The second-order valence-electron chi connectivity index (χ2n) is 7.53. The Morgan fingerprint density at radius 1 is 1.06 bits per heavy atom. The smallest absolute Gasteiger partial charge is 0.196 e. The molecule has 0 atom stereocenters. The van der Waals surface area contributed by atoms with Crippen molar-refractivity contribution >= 4 is 26.5 Å². The molecule has 4 aromatic rings. The summed E-state index contributed by atoms with van der Waals surface area (Å²) in [6, 6.07) is 19.6. The first-order chi connectivity index (χ1) is 15.2. The SMILES string of the molecule is COc1cc2cc(-c3ccccc3)n(Cc3cccc(C(=O)CS(C)(=O)=O)n3)c2cc1F. The number of hydrogen-bond donors (Lipinski definition) is 0. The summed E-state index contributed by atoms with van der Waals surface area (Å²) in [5, 5.41) is 0.798. The first-order valence-corrected chi connectivity index (χ1v) is 11.9. The van der Waals surface area contributed by atoms with E-state index in [0.717, 1.165) is 22.9 Å². The molecule has 0 bridgehead atoms. The van der Waals surface area contributed by atoms with Crippen molar-refractivity contribution in [3.05, 3.63) is 83.9 Å². The molecule has 32 heavy (non-hydrogen) atoms. The fourth-order valence-electron chi connectivity index (χ4n) is 3.63. The number of fused-ring (bicyclic) bond motifs is 1. The maximum Gasteiger partial charge on any atom is 0.196 e. The van der Waals surface area contributed by atoms with E-state index in [0.29, 0.717) is 11.2 Å². The molecule has 6 nitrogen and oxygen atoms in total. The number of halogens is 1. The number of nitrogens with zero attached hydrogens (tertiary/aromatic N) is 2. The van der Waals surface area contributed by atoms with Gasteiger partial charge in [-0.1, -0.05) is 36.4 Å². The zero-order valence-electron chi connectivity index (χ0n) is 17.6. The number of ketones is 1. The lowest BCUT2D eigenvalue weighted by molar-refractivity contribution is 0.101. The highest BCUT2D eigenvalue weighted by atomic mass is 32.2. The van der Waals surface area contributed by atoms with Crippen LogP contribution in [0.15, 0.2) is 66.7 Å². The van der Waals surface area contributed by atoms with E-state index in [4.69, 9.17) is 4.74 Å². The lowest BCUT2D eigenvalue weighted by atomic mass is 10.1. The molecule has 0 aliphatic carbocycles. The molecule has 2 heterocycles. The lowest BCUT2D eigenvalue weighted by Gasteiger charge is -2.12. The Balaban J connectivity index is 1.81. The molecule has 0 aliphatic rings. The summed E-state index contributed by atoms with van der Waals surface area (Å²) < 4.78 is 44.5. The minimum atomic E-state index is -3.47. The Hall–Kier alpha value is -3.52. The molecule has 0 aliphatic heterocycles. The molecular weight excluding hydrogens is 431 g/mol. The largest absolute Gasteiger partial charge is 0.494 e. The van der Waals surface area contributed by atoms with Crippen LogP contribution >= 0.6 is 0 Å². The van der Waals surface area contributed by atoms with Gasteiger partial charge in [-0.15, -0.1) is 0 Å². The minimum absolute atomic E-state index is 0.0819. The topological polar surface area (TPSA) is 78.3 Å². The lowest BCUT2D eigenvalue weighted by Crippen LogP contribution is -2.16. The van der Waals surface area contributed by atoms with Gasteiger partial charge in [-0.05, 0) is 29.8 Å².